The van der Waals surface area contributed by atoms with Gasteiger partial charge in [0.25, 0.3) is 0 Å². The number of esters is 1. The molecular weight excluding hydrogens is 670 g/mol. The van der Waals surface area contributed by atoms with E-state index in [2.05, 4.69) is 62.8 Å². The second-order valence-electron chi connectivity index (χ2n) is 16.5. The summed E-state index contributed by atoms with van der Waals surface area (Å²) in [7, 11) is 0. The van der Waals surface area contributed by atoms with Crippen molar-refractivity contribution in [3.8, 4) is 11.3 Å². The van der Waals surface area contributed by atoms with Gasteiger partial charge >= 0.3 is 5.97 Å². The Hall–Kier alpha value is -4.49. The molecular formula is C40H51N9O4. The second kappa shape index (κ2) is 13.4. The van der Waals surface area contributed by atoms with E-state index in [0.717, 1.165) is 73.6 Å². The van der Waals surface area contributed by atoms with Crippen molar-refractivity contribution in [2.24, 2.45) is 34.0 Å². The molecule has 1 aromatic carbocycles. The molecule has 8 rings (SSSR count). The Morgan fingerprint density at radius 3 is 2.64 bits per heavy atom. The lowest BCUT2D eigenvalue weighted by molar-refractivity contribution is -0.207. The molecule has 13 nitrogen and oxygen atoms in total. The van der Waals surface area contributed by atoms with Crippen LogP contribution in [-0.2, 0) is 27.4 Å². The molecule has 0 amide bonds. The van der Waals surface area contributed by atoms with Gasteiger partial charge in [-0.1, -0.05) is 63.2 Å². The molecule has 3 aromatic heterocycles. The number of fused-ring (bicyclic) bond motifs is 1. The molecule has 2 bridgehead atoms. The number of nitrogens with zero attached hydrogens (tertiary/aromatic N) is 8. The molecule has 3 saturated carbocycles. The minimum Gasteiger partial charge on any atom is -0.460 e. The maximum absolute atomic E-state index is 13.7. The molecule has 53 heavy (non-hydrogen) atoms. The number of nitrogens with one attached hydrogen (secondary N) is 1. The summed E-state index contributed by atoms with van der Waals surface area (Å²) in [6, 6.07) is 8.08. The van der Waals surface area contributed by atoms with Gasteiger partial charge in [-0.2, -0.15) is 0 Å². The number of hydrogen-bond donors (Lipinski definition) is 2. The fourth-order valence-electron chi connectivity index (χ4n) is 10.4. The SMILES string of the molecule is C=C[C@]1(C)C[C@@H](OC(=O)Cn2cc(-c3ccc(Cn4cnc5c(N6CCNCC6)ncnc54)cc3)nn2)[C@]2(C)C(C)CC[C@]3(CCC(=O)[C@H]32)[C@@H](C)[C@@H]1O. The van der Waals surface area contributed by atoms with Gasteiger partial charge < -0.3 is 24.6 Å². The fraction of sp³-hybridized carbons (Fsp3) is 0.575. The molecule has 4 fully saturated rings. The summed E-state index contributed by atoms with van der Waals surface area (Å²) in [6.07, 6.45) is 9.19. The Balaban J connectivity index is 0.972. The second-order valence-corrected chi connectivity index (χ2v) is 16.5. The zero-order valence-electron chi connectivity index (χ0n) is 31.2. The first kappa shape index (κ1) is 35.5. The van der Waals surface area contributed by atoms with E-state index in [1.54, 1.807) is 12.5 Å². The Morgan fingerprint density at radius 1 is 1.11 bits per heavy atom. The minimum atomic E-state index is -0.708. The van der Waals surface area contributed by atoms with E-state index in [1.165, 1.54) is 4.68 Å². The van der Waals surface area contributed by atoms with Crippen LogP contribution >= 0.6 is 0 Å². The van der Waals surface area contributed by atoms with Crippen LogP contribution in [0.1, 0.15) is 65.4 Å². The normalized spacial score (nSPS) is 33.0. The van der Waals surface area contributed by atoms with Gasteiger partial charge in [-0.15, -0.1) is 11.7 Å². The molecule has 1 aliphatic heterocycles. The molecule has 0 spiro atoms. The van der Waals surface area contributed by atoms with Crippen LogP contribution in [0.4, 0.5) is 5.82 Å². The molecule has 8 atom stereocenters. The molecule has 2 N–H and O–H groups in total. The Kier molecular flexibility index (Phi) is 9.00. The van der Waals surface area contributed by atoms with E-state index in [-0.39, 0.29) is 35.5 Å². The monoisotopic (exact) mass is 721 g/mol. The first-order valence-electron chi connectivity index (χ1n) is 19.1. The number of rotatable bonds is 8. The molecule has 0 radical (unpaired) electrons. The number of ether oxygens (including phenoxy) is 1. The van der Waals surface area contributed by atoms with Crippen LogP contribution in [0.2, 0.25) is 0 Å². The number of anilines is 1. The number of carbonyl (C=O) groups is 2. The molecule has 3 aliphatic carbocycles. The highest BCUT2D eigenvalue weighted by Gasteiger charge is 2.68. The summed E-state index contributed by atoms with van der Waals surface area (Å²) >= 11 is 0. The largest absolute Gasteiger partial charge is 0.460 e. The van der Waals surface area contributed by atoms with Crippen molar-refractivity contribution in [1.82, 2.24) is 39.8 Å². The molecule has 13 heteroatoms. The standard InChI is InChI=1S/C40H51N9O4/c1-6-38(4)19-31(39(5)25(2)11-13-40(26(3)35(38)52)14-12-30(50)34(39)40)53-32(51)22-49-21-29(45-46-49)28-9-7-27(8-10-28)20-48-24-44-33-36(42-23-43-37(33)48)47-17-15-41-16-18-47/h6-10,21,23-26,31,34-35,41,52H,1,11-20,22H2,2-5H3/t25?,26-,31+,34-,35-,38+,39-,40-/m0/s1. The summed E-state index contributed by atoms with van der Waals surface area (Å²) in [5.41, 5.74) is 2.61. The van der Waals surface area contributed by atoms with Crippen LogP contribution in [0.5, 0.6) is 0 Å². The van der Waals surface area contributed by atoms with E-state index < -0.39 is 29.0 Å². The van der Waals surface area contributed by atoms with E-state index >= 15 is 0 Å². The highest BCUT2D eigenvalue weighted by Crippen LogP contribution is 2.68. The van der Waals surface area contributed by atoms with Crippen molar-refractivity contribution in [2.45, 2.75) is 85.1 Å². The number of Topliss-reactive ketones (excluding diaryl/α,β-unsaturated/α-hetero) is 1. The topological polar surface area (TPSA) is 153 Å². The lowest BCUT2D eigenvalue weighted by Crippen LogP contribution is -2.63. The van der Waals surface area contributed by atoms with E-state index in [0.29, 0.717) is 25.1 Å². The maximum Gasteiger partial charge on any atom is 0.328 e. The van der Waals surface area contributed by atoms with Crippen molar-refractivity contribution in [3.05, 3.63) is 61.3 Å². The average Bonchev–Trinajstić information content (AvgIpc) is 3.90. The number of imidazole rings is 1. The van der Waals surface area contributed by atoms with Gasteiger partial charge in [0.05, 0.1) is 25.2 Å². The lowest BCUT2D eigenvalue weighted by atomic mass is 9.44. The molecule has 280 valence electrons. The first-order valence-corrected chi connectivity index (χ1v) is 19.1. The van der Waals surface area contributed by atoms with Crippen molar-refractivity contribution >= 4 is 28.7 Å². The highest BCUT2D eigenvalue weighted by atomic mass is 16.5. The van der Waals surface area contributed by atoms with Gasteiger partial charge in [0.15, 0.2) is 17.0 Å². The van der Waals surface area contributed by atoms with Gasteiger partial charge in [-0.05, 0) is 48.5 Å². The van der Waals surface area contributed by atoms with Crippen LogP contribution in [0.15, 0.2) is 55.8 Å². The van der Waals surface area contributed by atoms with Crippen molar-refractivity contribution in [3.63, 3.8) is 0 Å². The highest BCUT2D eigenvalue weighted by molar-refractivity contribution is 5.86. The summed E-state index contributed by atoms with van der Waals surface area (Å²) in [5, 5.41) is 23.8. The smallest absolute Gasteiger partial charge is 0.328 e. The van der Waals surface area contributed by atoms with Gasteiger partial charge in [-0.3, -0.25) is 9.59 Å². The van der Waals surface area contributed by atoms with E-state index in [1.807, 2.05) is 48.2 Å². The molecule has 1 unspecified atom stereocenters. The molecule has 4 aliphatic rings. The van der Waals surface area contributed by atoms with Gasteiger partial charge in [-0.25, -0.2) is 19.6 Å². The van der Waals surface area contributed by atoms with Crippen molar-refractivity contribution in [2.75, 3.05) is 31.1 Å². The predicted molar refractivity (Wildman–Crippen MR) is 200 cm³/mol. The number of aromatic nitrogens is 7. The third-order valence-corrected chi connectivity index (χ3v) is 13.8. The lowest BCUT2D eigenvalue weighted by Gasteiger charge is -2.61. The zero-order chi connectivity index (χ0) is 37.1. The number of aliphatic hydroxyl groups excluding tert-OH is 1. The summed E-state index contributed by atoms with van der Waals surface area (Å²) in [6.45, 7) is 16.6. The fourth-order valence-corrected chi connectivity index (χ4v) is 10.4. The maximum atomic E-state index is 13.7. The number of carbonyl (C=O) groups excluding carboxylic acids is 2. The van der Waals surface area contributed by atoms with Crippen LogP contribution in [0, 0.1) is 34.0 Å². The summed E-state index contributed by atoms with van der Waals surface area (Å²) in [5.74, 6) is 0.475. The van der Waals surface area contributed by atoms with Crippen LogP contribution in [0.25, 0.3) is 22.4 Å². The minimum absolute atomic E-state index is 0.0796. The molecule has 1 saturated heterocycles. The van der Waals surface area contributed by atoms with Crippen molar-refractivity contribution in [1.29, 1.82) is 0 Å². The zero-order valence-corrected chi connectivity index (χ0v) is 31.2. The Labute approximate surface area is 310 Å². The number of aliphatic hydroxyl groups is 1. The number of hydrogen-bond acceptors (Lipinski definition) is 11. The van der Waals surface area contributed by atoms with Crippen LogP contribution in [-0.4, -0.2) is 89.8 Å². The molecule has 4 heterocycles. The number of ketones is 1. The average molecular weight is 722 g/mol. The summed E-state index contributed by atoms with van der Waals surface area (Å²) < 4.78 is 9.95. The van der Waals surface area contributed by atoms with E-state index in [4.69, 9.17) is 4.74 Å². The van der Waals surface area contributed by atoms with Gasteiger partial charge in [0.1, 0.15) is 30.5 Å². The molecule has 4 aromatic rings. The summed E-state index contributed by atoms with van der Waals surface area (Å²) in [4.78, 5) is 43.5. The van der Waals surface area contributed by atoms with E-state index in [9.17, 15) is 14.7 Å². The number of piperazine rings is 1. The van der Waals surface area contributed by atoms with Gasteiger partial charge in [0, 0.05) is 54.9 Å². The predicted octanol–water partition coefficient (Wildman–Crippen LogP) is 4.45. The third-order valence-electron chi connectivity index (χ3n) is 13.8. The quantitative estimate of drug-likeness (QED) is 0.196. The van der Waals surface area contributed by atoms with Crippen molar-refractivity contribution < 1.29 is 19.4 Å². The van der Waals surface area contributed by atoms with Crippen LogP contribution < -0.4 is 10.2 Å². The first-order chi connectivity index (χ1) is 25.5. The third kappa shape index (κ3) is 5.87. The Bertz CT molecular complexity index is 2020. The number of benzene rings is 1. The Morgan fingerprint density at radius 2 is 1.89 bits per heavy atom. The van der Waals surface area contributed by atoms with Crippen LogP contribution in [0.3, 0.4) is 0 Å². The van der Waals surface area contributed by atoms with Gasteiger partial charge in [0.2, 0.25) is 0 Å².